The maximum absolute atomic E-state index is 14.0. The number of carbonyl (C=O) groups excluding carboxylic acids is 1. The fraction of sp³-hybridized carbons (Fsp3) is 0.314. The Balaban J connectivity index is 1.67. The summed E-state index contributed by atoms with van der Waals surface area (Å²) in [6.07, 6.45) is 1.11. The van der Waals surface area contributed by atoms with Crippen LogP contribution in [-0.2, 0) is 11.4 Å². The molecule has 0 radical (unpaired) electrons. The number of aryl methyl sites for hydroxylation is 4. The van der Waals surface area contributed by atoms with Gasteiger partial charge >= 0.3 is 0 Å². The fourth-order valence-corrected chi connectivity index (χ4v) is 6.09. The van der Waals surface area contributed by atoms with Crippen LogP contribution in [0.25, 0.3) is 0 Å². The van der Waals surface area contributed by atoms with E-state index in [2.05, 4.69) is 39.0 Å². The van der Waals surface area contributed by atoms with Crippen molar-refractivity contribution < 1.29 is 9.53 Å². The summed E-state index contributed by atoms with van der Waals surface area (Å²) >= 11 is 0. The Morgan fingerprint density at radius 2 is 1.68 bits per heavy atom. The van der Waals surface area contributed by atoms with Crippen molar-refractivity contribution in [2.45, 2.75) is 66.9 Å². The lowest BCUT2D eigenvalue weighted by Crippen LogP contribution is -2.42. The van der Waals surface area contributed by atoms with Crippen molar-refractivity contribution >= 4 is 11.5 Å². The van der Waals surface area contributed by atoms with Gasteiger partial charge in [-0.05, 0) is 85.5 Å². The second-order valence-corrected chi connectivity index (χ2v) is 12.0. The van der Waals surface area contributed by atoms with E-state index in [1.165, 1.54) is 5.56 Å². The zero-order valence-corrected chi connectivity index (χ0v) is 24.3. The molecule has 3 aromatic carbocycles. The lowest BCUT2D eigenvalue weighted by atomic mass is 9.68. The highest BCUT2D eigenvalue weighted by molar-refractivity contribution is 6.02. The van der Waals surface area contributed by atoms with Crippen LogP contribution in [0, 0.1) is 44.4 Å². The minimum atomic E-state index is -0.525. The molecule has 0 saturated heterocycles. The average Bonchev–Trinajstić information content (AvgIpc) is 2.89. The van der Waals surface area contributed by atoms with Crippen LogP contribution in [0.5, 0.6) is 5.75 Å². The van der Waals surface area contributed by atoms with Crippen LogP contribution in [-0.4, -0.2) is 5.78 Å². The molecule has 2 N–H and O–H groups in total. The zero-order valence-electron chi connectivity index (χ0n) is 24.3. The molecule has 0 spiro atoms. The minimum Gasteiger partial charge on any atom is -0.489 e. The van der Waals surface area contributed by atoms with Crippen LogP contribution in [0.2, 0.25) is 0 Å². The fourth-order valence-electron chi connectivity index (χ4n) is 6.09. The van der Waals surface area contributed by atoms with Gasteiger partial charge in [0.1, 0.15) is 18.2 Å². The van der Waals surface area contributed by atoms with Gasteiger partial charge in [0.2, 0.25) is 0 Å². The van der Waals surface area contributed by atoms with Gasteiger partial charge in [0.25, 0.3) is 0 Å². The third kappa shape index (κ3) is 4.91. The number of carbonyl (C=O) groups is 1. The van der Waals surface area contributed by atoms with Crippen LogP contribution in [0.1, 0.15) is 66.0 Å². The van der Waals surface area contributed by atoms with Crippen LogP contribution >= 0.6 is 0 Å². The van der Waals surface area contributed by atoms with Crippen LogP contribution < -0.4 is 15.4 Å². The summed E-state index contributed by atoms with van der Waals surface area (Å²) in [7, 11) is 0. The Morgan fingerprint density at radius 3 is 2.35 bits per heavy atom. The largest absolute Gasteiger partial charge is 0.489 e. The smallest absolute Gasteiger partial charge is 0.162 e. The summed E-state index contributed by atoms with van der Waals surface area (Å²) in [5.74, 6) is 0.744. The Morgan fingerprint density at radius 1 is 0.975 bits per heavy atom. The monoisotopic (exact) mass is 531 g/mol. The molecule has 5 rings (SSSR count). The summed E-state index contributed by atoms with van der Waals surface area (Å²) in [4.78, 5) is 15.9. The Hall–Kier alpha value is -4.30. The van der Waals surface area contributed by atoms with Crippen LogP contribution in [0.15, 0.2) is 83.3 Å². The molecule has 0 aromatic heterocycles. The lowest BCUT2D eigenvalue weighted by molar-refractivity contribution is -0.118. The number of para-hydroxylation sites is 1. The Labute approximate surface area is 237 Å². The van der Waals surface area contributed by atoms with E-state index >= 15 is 0 Å². The first-order valence-electron chi connectivity index (χ1n) is 13.8. The quantitative estimate of drug-likeness (QED) is 0.370. The molecule has 3 aromatic rings. The maximum Gasteiger partial charge on any atom is 0.162 e. The number of Topliss-reactive ketones (excluding diaryl/α,β-unsaturated/α-hetero) is 1. The highest BCUT2D eigenvalue weighted by Crippen LogP contribution is 2.51. The molecule has 0 amide bonds. The number of ether oxygens (including phenoxy) is 1. The van der Waals surface area contributed by atoms with Gasteiger partial charge in [0.05, 0.1) is 23.2 Å². The summed E-state index contributed by atoms with van der Waals surface area (Å²) in [5, 5.41) is 10.5. The zero-order chi connectivity index (χ0) is 28.8. The van der Waals surface area contributed by atoms with Gasteiger partial charge in [-0.1, -0.05) is 61.9 Å². The van der Waals surface area contributed by atoms with Gasteiger partial charge in [-0.2, -0.15) is 5.26 Å². The highest BCUT2D eigenvalue weighted by atomic mass is 16.5. The summed E-state index contributed by atoms with van der Waals surface area (Å²) < 4.78 is 6.14. The third-order valence-corrected chi connectivity index (χ3v) is 8.19. The topological polar surface area (TPSA) is 79.3 Å². The molecule has 40 heavy (non-hydrogen) atoms. The van der Waals surface area contributed by atoms with Gasteiger partial charge in [-0.25, -0.2) is 0 Å². The van der Waals surface area contributed by atoms with Gasteiger partial charge in [0.15, 0.2) is 5.78 Å². The average molecular weight is 532 g/mol. The lowest BCUT2D eigenvalue weighted by Gasteiger charge is -2.44. The summed E-state index contributed by atoms with van der Waals surface area (Å²) in [6.45, 7) is 12.8. The number of ketones is 1. The first-order valence-corrected chi connectivity index (χ1v) is 13.8. The maximum atomic E-state index is 14.0. The van der Waals surface area contributed by atoms with E-state index in [1.54, 1.807) is 0 Å². The molecule has 5 heteroatoms. The van der Waals surface area contributed by atoms with Crippen molar-refractivity contribution in [3.05, 3.63) is 117 Å². The van der Waals surface area contributed by atoms with Crippen molar-refractivity contribution in [1.29, 1.82) is 5.26 Å². The van der Waals surface area contributed by atoms with Crippen molar-refractivity contribution in [2.24, 2.45) is 11.1 Å². The molecule has 1 heterocycles. The van der Waals surface area contributed by atoms with E-state index in [9.17, 15) is 10.1 Å². The Bertz CT molecular complexity index is 1600. The number of benzene rings is 3. The number of nitriles is 1. The number of nitrogens with two attached hydrogens (primary N) is 1. The molecule has 0 bridgehead atoms. The van der Waals surface area contributed by atoms with Gasteiger partial charge < -0.3 is 10.5 Å². The van der Waals surface area contributed by atoms with Crippen molar-refractivity contribution in [3.63, 3.8) is 0 Å². The third-order valence-electron chi connectivity index (χ3n) is 8.19. The molecular formula is C35H37N3O2. The molecule has 1 aliphatic heterocycles. The molecule has 0 fully saturated rings. The second-order valence-electron chi connectivity index (χ2n) is 12.0. The van der Waals surface area contributed by atoms with E-state index in [4.69, 9.17) is 10.5 Å². The molecule has 0 saturated carbocycles. The first kappa shape index (κ1) is 27.3. The van der Waals surface area contributed by atoms with Gasteiger partial charge in [0, 0.05) is 17.7 Å². The Kier molecular flexibility index (Phi) is 7.06. The number of hydrogen-bond donors (Lipinski definition) is 1. The predicted molar refractivity (Wildman–Crippen MR) is 160 cm³/mol. The van der Waals surface area contributed by atoms with Crippen LogP contribution in [0.3, 0.4) is 0 Å². The van der Waals surface area contributed by atoms with Crippen molar-refractivity contribution in [1.82, 2.24) is 0 Å². The summed E-state index contributed by atoms with van der Waals surface area (Å²) in [5.41, 5.74) is 15.8. The van der Waals surface area contributed by atoms with E-state index in [0.717, 1.165) is 45.0 Å². The highest BCUT2D eigenvalue weighted by Gasteiger charge is 2.45. The second kappa shape index (κ2) is 10.4. The molecule has 1 atom stereocenters. The number of hydrogen-bond acceptors (Lipinski definition) is 5. The van der Waals surface area contributed by atoms with Gasteiger partial charge in [-0.15, -0.1) is 0 Å². The molecule has 204 valence electrons. The van der Waals surface area contributed by atoms with Crippen LogP contribution in [0.4, 0.5) is 5.69 Å². The number of anilines is 1. The van der Waals surface area contributed by atoms with Crippen molar-refractivity contribution in [2.75, 3.05) is 4.90 Å². The standard InChI is InChI=1S/C35H37N3O2/c1-21-11-13-26(14-12-21)40-20-25-16-27(24(4)15-23(25)3)32-28(19-36)34(37)38(29-10-8-7-9-22(29)2)30-17-35(5,6)18-31(39)33(30)32/h7-16,32H,17-18,20,37H2,1-6H3. The molecule has 2 aliphatic rings. The number of allylic oxidation sites excluding steroid dienone is 3. The predicted octanol–water partition coefficient (Wildman–Crippen LogP) is 7.44. The van der Waals surface area contributed by atoms with E-state index in [-0.39, 0.29) is 11.2 Å². The minimum absolute atomic E-state index is 0.0764. The first-order chi connectivity index (χ1) is 19.0. The number of rotatable bonds is 5. The molecule has 1 unspecified atom stereocenters. The van der Waals surface area contributed by atoms with E-state index in [0.29, 0.717) is 36.4 Å². The van der Waals surface area contributed by atoms with E-state index < -0.39 is 5.92 Å². The number of nitrogens with zero attached hydrogens (tertiary/aromatic N) is 2. The SMILES string of the molecule is Cc1ccc(OCc2cc(C3C(C#N)=C(N)N(c4ccccc4C)C4=C3C(=O)CC(C)(C)C4)c(C)cc2C)cc1. The van der Waals surface area contributed by atoms with Crippen molar-refractivity contribution in [3.8, 4) is 11.8 Å². The molecular weight excluding hydrogens is 494 g/mol. The normalized spacial score (nSPS) is 18.5. The van der Waals surface area contributed by atoms with Gasteiger partial charge in [-0.3, -0.25) is 9.69 Å². The molecule has 5 nitrogen and oxygen atoms in total. The summed E-state index contributed by atoms with van der Waals surface area (Å²) in [6, 6.07) is 22.6. The van der Waals surface area contributed by atoms with E-state index in [1.807, 2.05) is 74.2 Å². The molecule has 1 aliphatic carbocycles.